The number of methoxy groups -OCH3 is 1. The Labute approximate surface area is 155 Å². The zero-order chi connectivity index (χ0) is 18.7. The first-order chi connectivity index (χ1) is 12.5. The Morgan fingerprint density at radius 1 is 1.12 bits per heavy atom. The van der Waals surface area contributed by atoms with Gasteiger partial charge in [0.15, 0.2) is 0 Å². The van der Waals surface area contributed by atoms with Crippen LogP contribution in [0.5, 0.6) is 0 Å². The number of aryl methyl sites for hydroxylation is 3. The first-order valence-corrected chi connectivity index (χ1v) is 9.20. The fraction of sp³-hybridized carbons (Fsp3) is 0.476. The molecule has 0 radical (unpaired) electrons. The van der Waals surface area contributed by atoms with Crippen LogP contribution in [0.2, 0.25) is 0 Å². The third-order valence-electron chi connectivity index (χ3n) is 5.13. The Hall–Kier alpha value is -2.43. The molecule has 2 heterocycles. The van der Waals surface area contributed by atoms with Gasteiger partial charge in [-0.1, -0.05) is 29.8 Å². The van der Waals surface area contributed by atoms with Gasteiger partial charge in [0.05, 0.1) is 13.0 Å². The molecule has 2 aromatic rings. The lowest BCUT2D eigenvalue weighted by Gasteiger charge is -2.33. The fourth-order valence-corrected chi connectivity index (χ4v) is 3.59. The van der Waals surface area contributed by atoms with Crippen molar-refractivity contribution in [2.75, 3.05) is 25.1 Å². The largest absolute Gasteiger partial charge is 0.469 e. The second-order valence-corrected chi connectivity index (χ2v) is 7.11. The predicted octanol–water partition coefficient (Wildman–Crippen LogP) is 3.38. The summed E-state index contributed by atoms with van der Waals surface area (Å²) in [5.41, 5.74) is 4.73. The van der Waals surface area contributed by atoms with Crippen LogP contribution in [0.15, 0.2) is 24.3 Å². The third kappa shape index (κ3) is 4.03. The Kier molecular flexibility index (Phi) is 5.55. The number of hydrogen-bond acceptors (Lipinski definition) is 5. The number of hydrogen-bond donors (Lipinski definition) is 0. The van der Waals surface area contributed by atoms with Crippen molar-refractivity contribution < 1.29 is 9.53 Å². The minimum atomic E-state index is -0.0976. The van der Waals surface area contributed by atoms with E-state index in [9.17, 15) is 4.79 Å². The second-order valence-electron chi connectivity index (χ2n) is 7.11. The molecule has 3 rings (SSSR count). The van der Waals surface area contributed by atoms with Crippen molar-refractivity contribution in [3.8, 4) is 0 Å². The Balaban J connectivity index is 1.85. The molecule has 0 bridgehead atoms. The summed E-state index contributed by atoms with van der Waals surface area (Å²) in [4.78, 5) is 23.4. The molecule has 1 aromatic heterocycles. The zero-order valence-electron chi connectivity index (χ0n) is 16.1. The van der Waals surface area contributed by atoms with E-state index >= 15 is 0 Å². The highest BCUT2D eigenvalue weighted by Gasteiger charge is 2.28. The first kappa shape index (κ1) is 18.4. The molecule has 0 atom stereocenters. The number of ether oxygens (including phenoxy) is 1. The molecule has 0 aliphatic carbocycles. The second kappa shape index (κ2) is 7.85. The molecule has 0 N–H and O–H groups in total. The van der Waals surface area contributed by atoms with Crippen LogP contribution in [-0.4, -0.2) is 36.1 Å². The normalized spacial score (nSPS) is 15.2. The van der Waals surface area contributed by atoms with E-state index in [1.807, 2.05) is 6.92 Å². The highest BCUT2D eigenvalue weighted by Crippen LogP contribution is 2.28. The quantitative estimate of drug-likeness (QED) is 0.789. The molecule has 0 spiro atoms. The van der Waals surface area contributed by atoms with Crippen molar-refractivity contribution in [1.82, 2.24) is 9.97 Å². The van der Waals surface area contributed by atoms with Crippen LogP contribution < -0.4 is 4.90 Å². The molecule has 0 saturated carbocycles. The van der Waals surface area contributed by atoms with Crippen molar-refractivity contribution >= 4 is 11.8 Å². The monoisotopic (exact) mass is 353 g/mol. The van der Waals surface area contributed by atoms with Crippen LogP contribution in [0.1, 0.15) is 41.1 Å². The number of benzene rings is 1. The van der Waals surface area contributed by atoms with E-state index in [0.717, 1.165) is 49.7 Å². The average Bonchev–Trinajstić information content (AvgIpc) is 2.65. The molecule has 1 aromatic carbocycles. The van der Waals surface area contributed by atoms with Crippen molar-refractivity contribution in [3.05, 3.63) is 52.5 Å². The maximum absolute atomic E-state index is 11.8. The summed E-state index contributed by atoms with van der Waals surface area (Å²) in [5.74, 6) is 1.71. The molecule has 1 saturated heterocycles. The molecule has 0 unspecified atom stereocenters. The molecular formula is C21H27N3O2. The number of carbonyl (C=O) groups is 1. The van der Waals surface area contributed by atoms with Crippen LogP contribution >= 0.6 is 0 Å². The van der Waals surface area contributed by atoms with E-state index in [0.29, 0.717) is 0 Å². The lowest BCUT2D eigenvalue weighted by atomic mass is 9.96. The number of aromatic nitrogens is 2. The highest BCUT2D eigenvalue weighted by atomic mass is 16.5. The molecule has 5 heteroatoms. The van der Waals surface area contributed by atoms with Crippen molar-refractivity contribution in [1.29, 1.82) is 0 Å². The minimum absolute atomic E-state index is 0.000768. The van der Waals surface area contributed by atoms with Gasteiger partial charge in [-0.3, -0.25) is 4.79 Å². The molecular weight excluding hydrogens is 326 g/mol. The van der Waals surface area contributed by atoms with Gasteiger partial charge < -0.3 is 9.64 Å². The standard InChI is InChI=1S/C21H27N3O2/c1-14-5-7-17(8-6-14)13-19-15(2)22-16(3)23-20(19)24-11-9-18(10-12-24)21(25)26-4/h5-8,18H,9-13H2,1-4H3. The predicted molar refractivity (Wildman–Crippen MR) is 102 cm³/mol. The summed E-state index contributed by atoms with van der Waals surface area (Å²) in [7, 11) is 1.46. The van der Waals surface area contributed by atoms with Gasteiger partial charge in [-0.2, -0.15) is 0 Å². The van der Waals surface area contributed by atoms with Gasteiger partial charge in [0.1, 0.15) is 11.6 Å². The van der Waals surface area contributed by atoms with Crippen LogP contribution in [0.25, 0.3) is 0 Å². The third-order valence-corrected chi connectivity index (χ3v) is 5.13. The number of esters is 1. The summed E-state index contributed by atoms with van der Waals surface area (Å²) < 4.78 is 4.90. The number of rotatable bonds is 4. The van der Waals surface area contributed by atoms with Crippen LogP contribution in [0.3, 0.4) is 0 Å². The van der Waals surface area contributed by atoms with Gasteiger partial charge in [0.25, 0.3) is 0 Å². The summed E-state index contributed by atoms with van der Waals surface area (Å²) in [6.45, 7) is 7.73. The van der Waals surface area contributed by atoms with Gasteiger partial charge in [-0.05, 0) is 39.2 Å². The molecule has 138 valence electrons. The van der Waals surface area contributed by atoms with Gasteiger partial charge >= 0.3 is 5.97 Å². The van der Waals surface area contributed by atoms with Crippen molar-refractivity contribution in [3.63, 3.8) is 0 Å². The number of piperidine rings is 1. The van der Waals surface area contributed by atoms with Crippen molar-refractivity contribution in [2.45, 2.75) is 40.0 Å². The summed E-state index contributed by atoms with van der Waals surface area (Å²) in [5, 5.41) is 0. The lowest BCUT2D eigenvalue weighted by molar-refractivity contribution is -0.146. The average molecular weight is 353 g/mol. The Morgan fingerprint density at radius 3 is 2.38 bits per heavy atom. The Bertz CT molecular complexity index is 779. The maximum Gasteiger partial charge on any atom is 0.308 e. The zero-order valence-corrected chi connectivity index (χ0v) is 16.1. The summed E-state index contributed by atoms with van der Waals surface area (Å²) in [6.07, 6.45) is 2.43. The van der Waals surface area contributed by atoms with E-state index in [2.05, 4.69) is 48.0 Å². The number of nitrogens with zero attached hydrogens (tertiary/aromatic N) is 3. The van der Waals surface area contributed by atoms with E-state index < -0.39 is 0 Å². The molecule has 26 heavy (non-hydrogen) atoms. The maximum atomic E-state index is 11.8. The summed E-state index contributed by atoms with van der Waals surface area (Å²) in [6, 6.07) is 8.62. The highest BCUT2D eigenvalue weighted by molar-refractivity contribution is 5.72. The SMILES string of the molecule is COC(=O)C1CCN(c2nc(C)nc(C)c2Cc2ccc(C)cc2)CC1. The number of anilines is 1. The minimum Gasteiger partial charge on any atom is -0.469 e. The smallest absolute Gasteiger partial charge is 0.308 e. The van der Waals surface area contributed by atoms with E-state index in [-0.39, 0.29) is 11.9 Å². The van der Waals surface area contributed by atoms with E-state index in [1.165, 1.54) is 23.8 Å². The molecule has 1 aliphatic rings. The molecule has 1 aliphatic heterocycles. The van der Waals surface area contributed by atoms with Crippen molar-refractivity contribution in [2.24, 2.45) is 5.92 Å². The molecule has 5 nitrogen and oxygen atoms in total. The fourth-order valence-electron chi connectivity index (χ4n) is 3.59. The van der Waals surface area contributed by atoms with Gasteiger partial charge in [-0.15, -0.1) is 0 Å². The number of carbonyl (C=O) groups excluding carboxylic acids is 1. The van der Waals surface area contributed by atoms with E-state index in [4.69, 9.17) is 9.72 Å². The lowest BCUT2D eigenvalue weighted by Crippen LogP contribution is -2.38. The van der Waals surface area contributed by atoms with Gasteiger partial charge in [0.2, 0.25) is 0 Å². The summed E-state index contributed by atoms with van der Waals surface area (Å²) >= 11 is 0. The Morgan fingerprint density at radius 2 is 1.77 bits per heavy atom. The first-order valence-electron chi connectivity index (χ1n) is 9.20. The molecule has 0 amide bonds. The van der Waals surface area contributed by atoms with Gasteiger partial charge in [-0.25, -0.2) is 9.97 Å². The van der Waals surface area contributed by atoms with Crippen LogP contribution in [-0.2, 0) is 16.0 Å². The topological polar surface area (TPSA) is 55.3 Å². The van der Waals surface area contributed by atoms with Crippen LogP contribution in [0.4, 0.5) is 5.82 Å². The van der Waals surface area contributed by atoms with E-state index in [1.54, 1.807) is 0 Å². The van der Waals surface area contributed by atoms with Crippen LogP contribution in [0, 0.1) is 26.7 Å². The van der Waals surface area contributed by atoms with Gasteiger partial charge in [0, 0.05) is 30.8 Å². The molecule has 1 fully saturated rings.